The minimum Gasteiger partial charge on any atom is -0.396 e. The highest BCUT2D eigenvalue weighted by molar-refractivity contribution is 7.99. The number of aliphatic hydroxyl groups is 1. The van der Waals surface area contributed by atoms with Crippen molar-refractivity contribution in [3.05, 3.63) is 0 Å². The molecule has 1 saturated heterocycles. The van der Waals surface area contributed by atoms with Crippen LogP contribution >= 0.6 is 11.8 Å². The summed E-state index contributed by atoms with van der Waals surface area (Å²) >= 11 is 1.96. The molecule has 0 bridgehead atoms. The SMILES string of the molecule is C[C@H](C(=O)N[C@H]1CCCCC[C@H]1CO)N1CCSCC1. The van der Waals surface area contributed by atoms with Crippen LogP contribution in [0, 0.1) is 5.92 Å². The number of carbonyl (C=O) groups is 1. The molecule has 1 saturated carbocycles. The molecule has 1 amide bonds. The lowest BCUT2D eigenvalue weighted by atomic mass is 9.95. The van der Waals surface area contributed by atoms with Gasteiger partial charge in [0, 0.05) is 43.2 Å². The Labute approximate surface area is 126 Å². The van der Waals surface area contributed by atoms with E-state index in [-0.39, 0.29) is 30.5 Å². The highest BCUT2D eigenvalue weighted by Crippen LogP contribution is 2.23. The molecule has 20 heavy (non-hydrogen) atoms. The van der Waals surface area contributed by atoms with E-state index in [1.807, 2.05) is 18.7 Å². The number of rotatable bonds is 4. The molecule has 0 radical (unpaired) electrons. The third kappa shape index (κ3) is 4.37. The first kappa shape index (κ1) is 16.1. The highest BCUT2D eigenvalue weighted by Gasteiger charge is 2.28. The average Bonchev–Trinajstić information content (AvgIpc) is 2.72. The van der Waals surface area contributed by atoms with E-state index in [1.54, 1.807) is 0 Å². The van der Waals surface area contributed by atoms with E-state index >= 15 is 0 Å². The molecular formula is C15H28N2O2S. The lowest BCUT2D eigenvalue weighted by molar-refractivity contribution is -0.127. The highest BCUT2D eigenvalue weighted by atomic mass is 32.2. The van der Waals surface area contributed by atoms with E-state index in [0.717, 1.165) is 43.9 Å². The van der Waals surface area contributed by atoms with E-state index in [1.165, 1.54) is 12.8 Å². The van der Waals surface area contributed by atoms with Crippen molar-refractivity contribution in [2.24, 2.45) is 5.92 Å². The minimum absolute atomic E-state index is 0.0431. The summed E-state index contributed by atoms with van der Waals surface area (Å²) < 4.78 is 0. The number of hydrogen-bond acceptors (Lipinski definition) is 4. The molecule has 1 aliphatic heterocycles. The molecule has 0 aromatic heterocycles. The third-order valence-corrected chi connectivity index (χ3v) is 5.64. The smallest absolute Gasteiger partial charge is 0.237 e. The van der Waals surface area contributed by atoms with E-state index < -0.39 is 0 Å². The first-order valence-corrected chi connectivity index (χ1v) is 9.11. The molecule has 2 rings (SSSR count). The predicted octanol–water partition coefficient (Wildman–Crippen LogP) is 1.48. The fourth-order valence-electron chi connectivity index (χ4n) is 3.23. The quantitative estimate of drug-likeness (QED) is 0.772. The molecule has 3 atom stereocenters. The molecule has 0 aromatic rings. The number of amides is 1. The molecule has 0 spiro atoms. The molecule has 2 fully saturated rings. The summed E-state index contributed by atoms with van der Waals surface area (Å²) in [6.45, 7) is 4.22. The van der Waals surface area contributed by atoms with Crippen LogP contribution in [-0.2, 0) is 4.79 Å². The molecule has 1 heterocycles. The Morgan fingerprint density at radius 2 is 2.00 bits per heavy atom. The molecule has 2 N–H and O–H groups in total. The van der Waals surface area contributed by atoms with Gasteiger partial charge in [0.1, 0.15) is 0 Å². The van der Waals surface area contributed by atoms with E-state index in [9.17, 15) is 9.90 Å². The lowest BCUT2D eigenvalue weighted by Crippen LogP contribution is -2.52. The summed E-state index contributed by atoms with van der Waals surface area (Å²) in [5.41, 5.74) is 0. The van der Waals surface area contributed by atoms with Crippen LogP contribution in [0.25, 0.3) is 0 Å². The zero-order valence-electron chi connectivity index (χ0n) is 12.5. The summed E-state index contributed by atoms with van der Waals surface area (Å²) in [4.78, 5) is 14.7. The van der Waals surface area contributed by atoms with Crippen molar-refractivity contribution in [2.45, 2.75) is 51.1 Å². The van der Waals surface area contributed by atoms with E-state index in [2.05, 4.69) is 10.2 Å². The van der Waals surface area contributed by atoms with E-state index in [4.69, 9.17) is 0 Å². The summed E-state index contributed by atoms with van der Waals surface area (Å²) in [5, 5.41) is 12.7. The first-order chi connectivity index (χ1) is 9.72. The van der Waals surface area contributed by atoms with Crippen molar-refractivity contribution in [1.29, 1.82) is 0 Å². The van der Waals surface area contributed by atoms with Crippen molar-refractivity contribution in [1.82, 2.24) is 10.2 Å². The number of hydrogen-bond donors (Lipinski definition) is 2. The number of nitrogens with one attached hydrogen (secondary N) is 1. The van der Waals surface area contributed by atoms with Gasteiger partial charge in [-0.15, -0.1) is 0 Å². The molecule has 116 valence electrons. The lowest BCUT2D eigenvalue weighted by Gasteiger charge is -2.33. The van der Waals surface area contributed by atoms with E-state index in [0.29, 0.717) is 0 Å². The fourth-order valence-corrected chi connectivity index (χ4v) is 4.16. The summed E-state index contributed by atoms with van der Waals surface area (Å²) in [6, 6.07) is 0.120. The van der Waals surface area contributed by atoms with Gasteiger partial charge < -0.3 is 10.4 Å². The van der Waals surface area contributed by atoms with Crippen molar-refractivity contribution in [2.75, 3.05) is 31.2 Å². The largest absolute Gasteiger partial charge is 0.396 e. The van der Waals surface area contributed by atoms with Gasteiger partial charge >= 0.3 is 0 Å². The van der Waals surface area contributed by atoms with Crippen molar-refractivity contribution < 1.29 is 9.90 Å². The van der Waals surface area contributed by atoms with Crippen LogP contribution < -0.4 is 5.32 Å². The Balaban J connectivity index is 1.87. The Kier molecular flexibility index (Phi) is 6.65. The summed E-state index contributed by atoms with van der Waals surface area (Å²) in [5.74, 6) is 2.63. The number of aliphatic hydroxyl groups excluding tert-OH is 1. The molecule has 4 nitrogen and oxygen atoms in total. The van der Waals surface area contributed by atoms with Crippen molar-refractivity contribution in [3.63, 3.8) is 0 Å². The first-order valence-electron chi connectivity index (χ1n) is 7.95. The fraction of sp³-hybridized carbons (Fsp3) is 0.933. The minimum atomic E-state index is -0.0431. The van der Waals surface area contributed by atoms with Crippen LogP contribution in [0.3, 0.4) is 0 Å². The van der Waals surface area contributed by atoms with Gasteiger partial charge in [-0.2, -0.15) is 11.8 Å². The second-order valence-electron chi connectivity index (χ2n) is 6.02. The maximum absolute atomic E-state index is 12.4. The topological polar surface area (TPSA) is 52.6 Å². The molecular weight excluding hydrogens is 272 g/mol. The second kappa shape index (κ2) is 8.25. The van der Waals surface area contributed by atoms with Gasteiger partial charge in [0.05, 0.1) is 6.04 Å². The number of thioether (sulfide) groups is 1. The zero-order valence-corrected chi connectivity index (χ0v) is 13.3. The Morgan fingerprint density at radius 1 is 1.30 bits per heavy atom. The average molecular weight is 300 g/mol. The number of carbonyl (C=O) groups excluding carboxylic acids is 1. The summed E-state index contributed by atoms with van der Waals surface area (Å²) in [6.07, 6.45) is 5.62. The normalized spacial score (nSPS) is 30.5. The van der Waals surface area contributed by atoms with Gasteiger partial charge in [0.25, 0.3) is 0 Å². The molecule has 0 unspecified atom stereocenters. The Hall–Kier alpha value is -0.260. The second-order valence-corrected chi connectivity index (χ2v) is 7.24. The van der Waals surface area contributed by atoms with Gasteiger partial charge in [0.2, 0.25) is 5.91 Å². The zero-order chi connectivity index (χ0) is 14.4. The monoisotopic (exact) mass is 300 g/mol. The van der Waals surface area contributed by atoms with Crippen LogP contribution in [0.2, 0.25) is 0 Å². The Bertz CT molecular complexity index is 308. The molecule has 2 aliphatic rings. The van der Waals surface area contributed by atoms with Crippen LogP contribution in [0.1, 0.15) is 39.0 Å². The maximum atomic E-state index is 12.4. The van der Waals surface area contributed by atoms with Crippen LogP contribution in [0.5, 0.6) is 0 Å². The van der Waals surface area contributed by atoms with Gasteiger partial charge in [-0.05, 0) is 19.8 Å². The van der Waals surface area contributed by atoms with Crippen LogP contribution in [-0.4, -0.2) is 59.2 Å². The molecule has 1 aliphatic carbocycles. The third-order valence-electron chi connectivity index (χ3n) is 4.69. The van der Waals surface area contributed by atoms with Gasteiger partial charge in [-0.3, -0.25) is 9.69 Å². The van der Waals surface area contributed by atoms with Crippen molar-refractivity contribution in [3.8, 4) is 0 Å². The predicted molar refractivity (Wildman–Crippen MR) is 84.0 cm³/mol. The van der Waals surface area contributed by atoms with Gasteiger partial charge in [-0.1, -0.05) is 19.3 Å². The standard InChI is InChI=1S/C15H28N2O2S/c1-12(17-7-9-20-10-8-17)15(19)16-14-6-4-2-3-5-13(14)11-18/h12-14,18H,2-11H2,1H3,(H,16,19)/t12-,13+,14+/m1/s1. The maximum Gasteiger partial charge on any atom is 0.237 e. The van der Waals surface area contributed by atoms with Crippen LogP contribution in [0.4, 0.5) is 0 Å². The van der Waals surface area contributed by atoms with Crippen molar-refractivity contribution >= 4 is 17.7 Å². The summed E-state index contributed by atoms with van der Waals surface area (Å²) in [7, 11) is 0. The van der Waals surface area contributed by atoms with Gasteiger partial charge in [-0.25, -0.2) is 0 Å². The Morgan fingerprint density at radius 3 is 2.70 bits per heavy atom. The van der Waals surface area contributed by atoms with Gasteiger partial charge in [0.15, 0.2) is 0 Å². The number of nitrogens with zero attached hydrogens (tertiary/aromatic N) is 1. The molecule has 5 heteroatoms. The van der Waals surface area contributed by atoms with Crippen LogP contribution in [0.15, 0.2) is 0 Å². The molecule has 0 aromatic carbocycles.